The van der Waals surface area contributed by atoms with Crippen molar-refractivity contribution in [1.29, 1.82) is 0 Å². The van der Waals surface area contributed by atoms with Gasteiger partial charge in [0, 0.05) is 13.2 Å². The predicted molar refractivity (Wildman–Crippen MR) is 82.6 cm³/mol. The van der Waals surface area contributed by atoms with Crippen LogP contribution in [0.25, 0.3) is 11.0 Å². The smallest absolute Gasteiger partial charge is 0.201 e. The Morgan fingerprint density at radius 3 is 2.74 bits per heavy atom. The number of ether oxygens (including phenoxy) is 1. The van der Waals surface area contributed by atoms with E-state index in [0.29, 0.717) is 33.1 Å². The van der Waals surface area contributed by atoms with Crippen molar-refractivity contribution in [3.8, 4) is 0 Å². The summed E-state index contributed by atoms with van der Waals surface area (Å²) in [6, 6.07) is 3.24. The first-order chi connectivity index (χ1) is 8.95. The average molecular weight is 377 g/mol. The van der Waals surface area contributed by atoms with Crippen LogP contribution in [0, 0.1) is 15.3 Å². The molecule has 0 fully saturated rings. The third kappa shape index (κ3) is 2.69. The Balaban J connectivity index is 2.64. The highest BCUT2D eigenvalue weighted by Gasteiger charge is 2.21. The van der Waals surface area contributed by atoms with Gasteiger partial charge < -0.3 is 15.0 Å². The number of nitrogens with zero attached hydrogens (tertiary/aromatic N) is 2. The highest BCUT2D eigenvalue weighted by Crippen LogP contribution is 2.29. The second kappa shape index (κ2) is 5.62. The van der Waals surface area contributed by atoms with Crippen LogP contribution in [-0.4, -0.2) is 23.3 Å². The molecule has 0 aliphatic carbocycles. The molecule has 0 spiro atoms. The fourth-order valence-electron chi connectivity index (χ4n) is 2.19. The van der Waals surface area contributed by atoms with E-state index in [4.69, 9.17) is 10.5 Å². The Morgan fingerprint density at radius 2 is 2.16 bits per heavy atom. The van der Waals surface area contributed by atoms with E-state index in [1.807, 2.05) is 27.2 Å². The maximum absolute atomic E-state index is 13.8. The molecule has 0 radical (unpaired) electrons. The number of fused-ring (bicyclic) bond motifs is 1. The van der Waals surface area contributed by atoms with Gasteiger partial charge in [-0.2, -0.15) is 0 Å². The zero-order chi connectivity index (χ0) is 14.2. The maximum Gasteiger partial charge on any atom is 0.201 e. The van der Waals surface area contributed by atoms with Crippen molar-refractivity contribution >= 4 is 39.6 Å². The van der Waals surface area contributed by atoms with Crippen LogP contribution in [-0.2, 0) is 4.74 Å². The summed E-state index contributed by atoms with van der Waals surface area (Å²) in [5.41, 5.74) is 7.42. The van der Waals surface area contributed by atoms with Gasteiger partial charge in [-0.25, -0.2) is 9.37 Å². The zero-order valence-electron chi connectivity index (χ0n) is 11.2. The molecule has 0 aliphatic heterocycles. The molecule has 104 valence electrons. The van der Waals surface area contributed by atoms with Gasteiger partial charge in [0.25, 0.3) is 0 Å². The van der Waals surface area contributed by atoms with Crippen molar-refractivity contribution in [1.82, 2.24) is 9.55 Å². The second-order valence-corrected chi connectivity index (χ2v) is 6.02. The normalized spacial score (nSPS) is 13.4. The van der Waals surface area contributed by atoms with Gasteiger partial charge in [-0.15, -0.1) is 0 Å². The monoisotopic (exact) mass is 377 g/mol. The summed E-state index contributed by atoms with van der Waals surface area (Å²) < 4.78 is 21.4. The lowest BCUT2D eigenvalue weighted by Gasteiger charge is -2.23. The molecule has 0 bridgehead atoms. The molecule has 1 atom stereocenters. The van der Waals surface area contributed by atoms with Crippen LogP contribution >= 0.6 is 22.6 Å². The molecule has 1 aromatic carbocycles. The topological polar surface area (TPSA) is 53.1 Å². The molecule has 4 nitrogen and oxygen atoms in total. The third-order valence-electron chi connectivity index (χ3n) is 3.20. The number of nitrogen functional groups attached to an aromatic ring is 1. The second-order valence-electron chi connectivity index (χ2n) is 4.86. The molecule has 0 amide bonds. The molecule has 1 aromatic heterocycles. The Hall–Kier alpha value is -0.890. The first kappa shape index (κ1) is 14.5. The van der Waals surface area contributed by atoms with Gasteiger partial charge in [0.1, 0.15) is 5.82 Å². The van der Waals surface area contributed by atoms with Gasteiger partial charge in [-0.05, 0) is 34.6 Å². The van der Waals surface area contributed by atoms with Crippen LogP contribution in [0.3, 0.4) is 0 Å². The lowest BCUT2D eigenvalue weighted by Crippen LogP contribution is -2.21. The lowest BCUT2D eigenvalue weighted by atomic mass is 10.0. The summed E-state index contributed by atoms with van der Waals surface area (Å²) >= 11 is 1.95. The van der Waals surface area contributed by atoms with E-state index in [1.54, 1.807) is 13.2 Å². The molecular formula is C13H17FIN3O. The summed E-state index contributed by atoms with van der Waals surface area (Å²) in [4.78, 5) is 4.31. The SMILES string of the molecule is COCC(C(C)C)n1c(N)nc2cc(I)c(F)cc21. The lowest BCUT2D eigenvalue weighted by molar-refractivity contribution is 0.136. The van der Waals surface area contributed by atoms with Crippen LogP contribution in [0.15, 0.2) is 12.1 Å². The Kier molecular flexibility index (Phi) is 4.29. The van der Waals surface area contributed by atoms with Gasteiger partial charge >= 0.3 is 0 Å². The largest absolute Gasteiger partial charge is 0.383 e. The van der Waals surface area contributed by atoms with Crippen LogP contribution in [0.5, 0.6) is 0 Å². The number of hydrogen-bond acceptors (Lipinski definition) is 3. The van der Waals surface area contributed by atoms with Crippen molar-refractivity contribution in [3.63, 3.8) is 0 Å². The standard InChI is InChI=1S/C13H17FIN3O/c1-7(2)12(6-19-3)18-11-4-8(14)9(15)5-10(11)17-13(18)16/h4-5,7,12H,6H2,1-3H3,(H2,16,17). The van der Waals surface area contributed by atoms with Gasteiger partial charge in [-0.1, -0.05) is 13.8 Å². The van der Waals surface area contributed by atoms with Crippen molar-refractivity contribution < 1.29 is 9.13 Å². The quantitative estimate of drug-likeness (QED) is 0.833. The van der Waals surface area contributed by atoms with E-state index < -0.39 is 0 Å². The number of methoxy groups -OCH3 is 1. The molecule has 6 heteroatoms. The molecule has 19 heavy (non-hydrogen) atoms. The van der Waals surface area contributed by atoms with E-state index in [9.17, 15) is 4.39 Å². The average Bonchev–Trinajstić information content (AvgIpc) is 2.62. The molecule has 0 saturated carbocycles. The number of aromatic nitrogens is 2. The molecule has 2 aromatic rings. The minimum absolute atomic E-state index is 0.0365. The number of anilines is 1. The Labute approximate surface area is 125 Å². The molecule has 0 aliphatic rings. The fraction of sp³-hybridized carbons (Fsp3) is 0.462. The molecule has 0 saturated heterocycles. The van der Waals surface area contributed by atoms with Gasteiger partial charge in [-0.3, -0.25) is 0 Å². The number of nitrogens with two attached hydrogens (primary N) is 1. The van der Waals surface area contributed by atoms with E-state index in [1.165, 1.54) is 6.07 Å². The number of hydrogen-bond donors (Lipinski definition) is 1. The van der Waals surface area contributed by atoms with Gasteiger partial charge in [0.15, 0.2) is 0 Å². The molecule has 1 unspecified atom stereocenters. The first-order valence-electron chi connectivity index (χ1n) is 6.07. The van der Waals surface area contributed by atoms with Crippen molar-refractivity contribution in [2.45, 2.75) is 19.9 Å². The zero-order valence-corrected chi connectivity index (χ0v) is 13.3. The van der Waals surface area contributed by atoms with Gasteiger partial charge in [0.05, 0.1) is 27.3 Å². The number of halogens is 2. The third-order valence-corrected chi connectivity index (χ3v) is 4.02. The van der Waals surface area contributed by atoms with E-state index >= 15 is 0 Å². The Morgan fingerprint density at radius 1 is 1.47 bits per heavy atom. The first-order valence-corrected chi connectivity index (χ1v) is 7.15. The van der Waals surface area contributed by atoms with Crippen molar-refractivity contribution in [2.24, 2.45) is 5.92 Å². The summed E-state index contributed by atoms with van der Waals surface area (Å²) in [5.74, 6) is 0.448. The minimum Gasteiger partial charge on any atom is -0.383 e. The van der Waals surface area contributed by atoms with Crippen molar-refractivity contribution in [3.05, 3.63) is 21.5 Å². The highest BCUT2D eigenvalue weighted by molar-refractivity contribution is 14.1. The van der Waals surface area contributed by atoms with Gasteiger partial charge in [0.2, 0.25) is 5.95 Å². The fourth-order valence-corrected chi connectivity index (χ4v) is 2.64. The van der Waals surface area contributed by atoms with Crippen LogP contribution in [0.4, 0.5) is 10.3 Å². The predicted octanol–water partition coefficient (Wildman–Crippen LogP) is 3.21. The van der Waals surface area contributed by atoms with Crippen LogP contribution < -0.4 is 5.73 Å². The molecule has 2 rings (SSSR count). The van der Waals surface area contributed by atoms with E-state index in [-0.39, 0.29) is 11.9 Å². The molecular weight excluding hydrogens is 360 g/mol. The summed E-state index contributed by atoms with van der Waals surface area (Å²) in [6.07, 6.45) is 0. The van der Waals surface area contributed by atoms with E-state index in [0.717, 1.165) is 0 Å². The number of rotatable bonds is 4. The Bertz CT molecular complexity index is 597. The van der Waals surface area contributed by atoms with Crippen molar-refractivity contribution in [2.75, 3.05) is 19.5 Å². The maximum atomic E-state index is 13.8. The van der Waals surface area contributed by atoms with Crippen LogP contribution in [0.1, 0.15) is 19.9 Å². The summed E-state index contributed by atoms with van der Waals surface area (Å²) in [7, 11) is 1.65. The summed E-state index contributed by atoms with van der Waals surface area (Å²) in [5, 5.41) is 0. The number of imidazole rings is 1. The number of benzene rings is 1. The molecule has 2 N–H and O–H groups in total. The minimum atomic E-state index is -0.255. The summed E-state index contributed by atoms with van der Waals surface area (Å²) in [6.45, 7) is 4.68. The molecule has 1 heterocycles. The van der Waals surface area contributed by atoms with E-state index in [2.05, 4.69) is 18.8 Å². The highest BCUT2D eigenvalue weighted by atomic mass is 127. The van der Waals surface area contributed by atoms with Crippen LogP contribution in [0.2, 0.25) is 0 Å².